The SMILES string of the molecule is O[C@@H](Cc1ccc(F)cc1)C1CCN(Cc2ccccc2)CC1. The molecule has 0 aliphatic carbocycles. The highest BCUT2D eigenvalue weighted by atomic mass is 19.1. The number of aliphatic hydroxyl groups excluding tert-OH is 1. The smallest absolute Gasteiger partial charge is 0.123 e. The average Bonchev–Trinajstić information content (AvgIpc) is 2.58. The van der Waals surface area contributed by atoms with Gasteiger partial charge in [0.2, 0.25) is 0 Å². The van der Waals surface area contributed by atoms with E-state index in [4.69, 9.17) is 0 Å². The summed E-state index contributed by atoms with van der Waals surface area (Å²) >= 11 is 0. The molecule has 2 aromatic carbocycles. The molecule has 0 amide bonds. The van der Waals surface area contributed by atoms with Gasteiger partial charge in [-0.25, -0.2) is 4.39 Å². The van der Waals surface area contributed by atoms with Crippen LogP contribution in [0.3, 0.4) is 0 Å². The molecule has 1 N–H and O–H groups in total. The van der Waals surface area contributed by atoms with Crippen LogP contribution in [-0.2, 0) is 13.0 Å². The number of piperidine rings is 1. The summed E-state index contributed by atoms with van der Waals surface area (Å²) < 4.78 is 12.9. The molecular weight excluding hydrogens is 289 g/mol. The van der Waals surface area contributed by atoms with Gasteiger partial charge in [0.15, 0.2) is 0 Å². The van der Waals surface area contributed by atoms with Crippen molar-refractivity contribution in [3.8, 4) is 0 Å². The van der Waals surface area contributed by atoms with E-state index in [1.165, 1.54) is 17.7 Å². The minimum Gasteiger partial charge on any atom is -0.392 e. The summed E-state index contributed by atoms with van der Waals surface area (Å²) in [5.41, 5.74) is 2.35. The molecule has 0 spiro atoms. The third-order valence-electron chi connectivity index (χ3n) is 4.78. The second kappa shape index (κ2) is 7.71. The Hall–Kier alpha value is -1.71. The summed E-state index contributed by atoms with van der Waals surface area (Å²) in [5.74, 6) is 0.115. The van der Waals surface area contributed by atoms with Gasteiger partial charge in [0, 0.05) is 6.54 Å². The molecule has 1 aliphatic heterocycles. The van der Waals surface area contributed by atoms with E-state index < -0.39 is 0 Å². The van der Waals surface area contributed by atoms with E-state index in [0.717, 1.165) is 38.0 Å². The number of hydrogen-bond acceptors (Lipinski definition) is 2. The molecule has 1 heterocycles. The second-order valence-electron chi connectivity index (χ2n) is 6.50. The van der Waals surface area contributed by atoms with Crippen molar-refractivity contribution in [3.63, 3.8) is 0 Å². The van der Waals surface area contributed by atoms with Gasteiger partial charge in [0.1, 0.15) is 5.82 Å². The summed E-state index contributed by atoms with van der Waals surface area (Å²) in [5, 5.41) is 10.5. The lowest BCUT2D eigenvalue weighted by Gasteiger charge is -2.34. The van der Waals surface area contributed by atoms with Gasteiger partial charge >= 0.3 is 0 Å². The fourth-order valence-electron chi connectivity index (χ4n) is 3.37. The highest BCUT2D eigenvalue weighted by molar-refractivity contribution is 5.17. The van der Waals surface area contributed by atoms with Crippen molar-refractivity contribution < 1.29 is 9.50 Å². The lowest BCUT2D eigenvalue weighted by Crippen LogP contribution is -2.38. The van der Waals surface area contributed by atoms with Crippen molar-refractivity contribution >= 4 is 0 Å². The molecule has 3 heteroatoms. The van der Waals surface area contributed by atoms with Crippen molar-refractivity contribution in [1.29, 1.82) is 0 Å². The lowest BCUT2D eigenvalue weighted by atomic mass is 9.88. The van der Waals surface area contributed by atoms with Gasteiger partial charge in [0.25, 0.3) is 0 Å². The number of hydrogen-bond donors (Lipinski definition) is 1. The molecule has 1 saturated heterocycles. The Morgan fingerprint density at radius 1 is 0.957 bits per heavy atom. The molecule has 1 atom stereocenters. The standard InChI is InChI=1S/C20H24FNO/c21-19-8-6-16(7-9-19)14-20(23)18-10-12-22(13-11-18)15-17-4-2-1-3-5-17/h1-9,18,20,23H,10-15H2/t20-/m0/s1. The van der Waals surface area contributed by atoms with Gasteiger partial charge in [-0.2, -0.15) is 0 Å². The van der Waals surface area contributed by atoms with Gasteiger partial charge in [-0.05, 0) is 61.5 Å². The van der Waals surface area contributed by atoms with Crippen LogP contribution in [0, 0.1) is 11.7 Å². The van der Waals surface area contributed by atoms with E-state index in [2.05, 4.69) is 29.2 Å². The quantitative estimate of drug-likeness (QED) is 0.911. The van der Waals surface area contributed by atoms with Crippen LogP contribution in [0.4, 0.5) is 4.39 Å². The predicted octanol–water partition coefficient (Wildman–Crippen LogP) is 3.64. The molecule has 0 unspecified atom stereocenters. The van der Waals surface area contributed by atoms with Crippen LogP contribution in [0.25, 0.3) is 0 Å². The molecule has 0 aromatic heterocycles. The van der Waals surface area contributed by atoms with Gasteiger partial charge < -0.3 is 5.11 Å². The monoisotopic (exact) mass is 313 g/mol. The summed E-state index contributed by atoms with van der Waals surface area (Å²) in [7, 11) is 0. The zero-order chi connectivity index (χ0) is 16.1. The van der Waals surface area contributed by atoms with Gasteiger partial charge in [-0.3, -0.25) is 4.90 Å². The minimum atomic E-state index is -0.334. The van der Waals surface area contributed by atoms with E-state index in [1.54, 1.807) is 12.1 Å². The molecule has 1 fully saturated rings. The summed E-state index contributed by atoms with van der Waals surface area (Å²) in [6.45, 7) is 3.04. The summed E-state index contributed by atoms with van der Waals surface area (Å²) in [6, 6.07) is 17.0. The Labute approximate surface area is 137 Å². The molecular formula is C20H24FNO. The lowest BCUT2D eigenvalue weighted by molar-refractivity contribution is 0.0576. The highest BCUT2D eigenvalue weighted by Crippen LogP contribution is 2.24. The van der Waals surface area contributed by atoms with Crippen LogP contribution >= 0.6 is 0 Å². The maximum atomic E-state index is 12.9. The van der Waals surface area contributed by atoms with Crippen molar-refractivity contribution in [2.24, 2.45) is 5.92 Å². The first kappa shape index (κ1) is 16.2. The number of benzene rings is 2. The number of aliphatic hydroxyl groups is 1. The first-order valence-electron chi connectivity index (χ1n) is 8.39. The number of nitrogens with zero attached hydrogens (tertiary/aromatic N) is 1. The maximum absolute atomic E-state index is 12.9. The second-order valence-corrected chi connectivity index (χ2v) is 6.50. The van der Waals surface area contributed by atoms with Crippen molar-refractivity contribution in [2.45, 2.75) is 31.9 Å². The van der Waals surface area contributed by atoms with Crippen LogP contribution in [-0.4, -0.2) is 29.2 Å². The summed E-state index contributed by atoms with van der Waals surface area (Å²) in [4.78, 5) is 2.45. The Morgan fingerprint density at radius 2 is 1.61 bits per heavy atom. The Morgan fingerprint density at radius 3 is 2.26 bits per heavy atom. The largest absolute Gasteiger partial charge is 0.392 e. The molecule has 2 aromatic rings. The molecule has 0 bridgehead atoms. The van der Waals surface area contributed by atoms with Crippen molar-refractivity contribution in [3.05, 3.63) is 71.5 Å². The molecule has 0 radical (unpaired) electrons. The first-order chi connectivity index (χ1) is 11.2. The van der Waals surface area contributed by atoms with E-state index in [-0.39, 0.29) is 11.9 Å². The third kappa shape index (κ3) is 4.63. The van der Waals surface area contributed by atoms with E-state index >= 15 is 0 Å². The number of halogens is 1. The van der Waals surface area contributed by atoms with Gasteiger partial charge in [-0.15, -0.1) is 0 Å². The Bertz CT molecular complexity index is 591. The topological polar surface area (TPSA) is 23.5 Å². The normalized spacial score (nSPS) is 18.0. The average molecular weight is 313 g/mol. The molecule has 23 heavy (non-hydrogen) atoms. The first-order valence-corrected chi connectivity index (χ1v) is 8.39. The van der Waals surface area contributed by atoms with Crippen LogP contribution in [0.2, 0.25) is 0 Å². The van der Waals surface area contributed by atoms with Crippen LogP contribution in [0.5, 0.6) is 0 Å². The van der Waals surface area contributed by atoms with Gasteiger partial charge in [0.05, 0.1) is 6.10 Å². The summed E-state index contributed by atoms with van der Waals surface area (Å²) in [6.07, 6.45) is 2.33. The Kier molecular flexibility index (Phi) is 5.42. The maximum Gasteiger partial charge on any atom is 0.123 e. The van der Waals surface area contributed by atoms with Gasteiger partial charge in [-0.1, -0.05) is 42.5 Å². The van der Waals surface area contributed by atoms with E-state index in [0.29, 0.717) is 12.3 Å². The number of likely N-dealkylation sites (tertiary alicyclic amines) is 1. The highest BCUT2D eigenvalue weighted by Gasteiger charge is 2.25. The molecule has 3 rings (SSSR count). The minimum absolute atomic E-state index is 0.225. The van der Waals surface area contributed by atoms with Crippen LogP contribution < -0.4 is 0 Å². The zero-order valence-electron chi connectivity index (χ0n) is 13.4. The van der Waals surface area contributed by atoms with Crippen molar-refractivity contribution in [1.82, 2.24) is 4.90 Å². The molecule has 122 valence electrons. The molecule has 1 aliphatic rings. The fraction of sp³-hybridized carbons (Fsp3) is 0.400. The van der Waals surface area contributed by atoms with E-state index in [1.807, 2.05) is 6.07 Å². The van der Waals surface area contributed by atoms with E-state index in [9.17, 15) is 9.50 Å². The number of rotatable bonds is 5. The van der Waals surface area contributed by atoms with Crippen LogP contribution in [0.15, 0.2) is 54.6 Å². The molecule has 2 nitrogen and oxygen atoms in total. The Balaban J connectivity index is 1.47. The van der Waals surface area contributed by atoms with Crippen LogP contribution in [0.1, 0.15) is 24.0 Å². The fourth-order valence-corrected chi connectivity index (χ4v) is 3.37. The third-order valence-corrected chi connectivity index (χ3v) is 4.78. The zero-order valence-corrected chi connectivity index (χ0v) is 13.4. The van der Waals surface area contributed by atoms with Crippen molar-refractivity contribution in [2.75, 3.05) is 13.1 Å². The molecule has 0 saturated carbocycles. The predicted molar refractivity (Wildman–Crippen MR) is 90.6 cm³/mol.